The highest BCUT2D eigenvalue weighted by Gasteiger charge is 2.23. The van der Waals surface area contributed by atoms with Gasteiger partial charge < -0.3 is 10.4 Å². The monoisotopic (exact) mass is 304 g/mol. The molecule has 22 heavy (non-hydrogen) atoms. The summed E-state index contributed by atoms with van der Waals surface area (Å²) in [5.74, 6) is -2.01. The van der Waals surface area contributed by atoms with Crippen LogP contribution < -0.4 is 10.9 Å². The van der Waals surface area contributed by atoms with Crippen LogP contribution in [0.5, 0.6) is 0 Å². The molecule has 0 aliphatic carbocycles. The zero-order chi connectivity index (χ0) is 16.3. The van der Waals surface area contributed by atoms with Crippen molar-refractivity contribution in [3.8, 4) is 0 Å². The Labute approximate surface area is 125 Å². The summed E-state index contributed by atoms with van der Waals surface area (Å²) >= 11 is 0. The van der Waals surface area contributed by atoms with Gasteiger partial charge in [-0.05, 0) is 18.1 Å². The lowest BCUT2D eigenvalue weighted by atomic mass is 10.1. The number of hydrogen-bond acceptors (Lipinski definition) is 5. The summed E-state index contributed by atoms with van der Waals surface area (Å²) in [6, 6.07) is 5.64. The van der Waals surface area contributed by atoms with Crippen LogP contribution in [-0.4, -0.2) is 38.0 Å². The molecule has 1 atom stereocenters. The number of carbonyl (C=O) groups is 2. The molecule has 0 bridgehead atoms. The van der Waals surface area contributed by atoms with Gasteiger partial charge in [-0.3, -0.25) is 9.59 Å². The van der Waals surface area contributed by atoms with E-state index in [1.54, 1.807) is 38.1 Å². The second-order valence-electron chi connectivity index (χ2n) is 5.20. The predicted octanol–water partition coefficient (Wildman–Crippen LogP) is 0.0169. The fraction of sp³-hybridized carbons (Fsp3) is 0.357. The van der Waals surface area contributed by atoms with Gasteiger partial charge in [0.25, 0.3) is 5.56 Å². The number of carboxylic acid groups (broad SMARTS) is 1. The third-order valence-corrected chi connectivity index (χ3v) is 3.17. The van der Waals surface area contributed by atoms with Crippen LogP contribution in [0.3, 0.4) is 0 Å². The molecule has 2 aromatic rings. The van der Waals surface area contributed by atoms with Gasteiger partial charge in [0, 0.05) is 0 Å². The van der Waals surface area contributed by atoms with Crippen molar-refractivity contribution in [2.24, 2.45) is 5.92 Å². The fourth-order valence-electron chi connectivity index (χ4n) is 2.00. The Bertz CT molecular complexity index is 769. The number of nitrogens with zero attached hydrogens (tertiary/aromatic N) is 3. The minimum atomic E-state index is -1.12. The number of rotatable bonds is 5. The van der Waals surface area contributed by atoms with Crippen LogP contribution in [-0.2, 0) is 16.1 Å². The van der Waals surface area contributed by atoms with E-state index < -0.39 is 23.5 Å². The lowest BCUT2D eigenvalue weighted by Gasteiger charge is -2.17. The molecule has 8 heteroatoms. The predicted molar refractivity (Wildman–Crippen MR) is 78.2 cm³/mol. The number of amides is 1. The van der Waals surface area contributed by atoms with E-state index in [2.05, 4.69) is 15.6 Å². The van der Waals surface area contributed by atoms with Gasteiger partial charge in [-0.2, -0.15) is 0 Å². The Morgan fingerprint density at radius 2 is 2.00 bits per heavy atom. The summed E-state index contributed by atoms with van der Waals surface area (Å²) in [7, 11) is 0. The topological polar surface area (TPSA) is 114 Å². The summed E-state index contributed by atoms with van der Waals surface area (Å²) in [5.41, 5.74) is -0.00748. The Hall–Kier alpha value is -2.77. The number of nitrogens with one attached hydrogen (secondary N) is 1. The van der Waals surface area contributed by atoms with Gasteiger partial charge in [-0.15, -0.1) is 5.10 Å². The Morgan fingerprint density at radius 1 is 1.32 bits per heavy atom. The Kier molecular flexibility index (Phi) is 4.50. The number of benzene rings is 1. The van der Waals surface area contributed by atoms with Gasteiger partial charge in [0.05, 0.1) is 5.39 Å². The van der Waals surface area contributed by atoms with Crippen LogP contribution in [0.1, 0.15) is 13.8 Å². The summed E-state index contributed by atoms with van der Waals surface area (Å²) < 4.78 is 0.914. The minimum absolute atomic E-state index is 0.277. The van der Waals surface area contributed by atoms with Crippen LogP contribution in [0.15, 0.2) is 29.1 Å². The third-order valence-electron chi connectivity index (χ3n) is 3.17. The molecule has 116 valence electrons. The van der Waals surface area contributed by atoms with Gasteiger partial charge in [-0.1, -0.05) is 31.2 Å². The van der Waals surface area contributed by atoms with E-state index in [-0.39, 0.29) is 12.5 Å². The van der Waals surface area contributed by atoms with E-state index in [1.165, 1.54) is 0 Å². The van der Waals surface area contributed by atoms with Crippen molar-refractivity contribution < 1.29 is 14.7 Å². The minimum Gasteiger partial charge on any atom is -0.480 e. The van der Waals surface area contributed by atoms with Gasteiger partial charge >= 0.3 is 5.97 Å². The van der Waals surface area contributed by atoms with Crippen LogP contribution in [0, 0.1) is 5.92 Å². The van der Waals surface area contributed by atoms with Crippen LogP contribution in [0.25, 0.3) is 10.9 Å². The molecule has 1 aromatic heterocycles. The average molecular weight is 304 g/mol. The van der Waals surface area contributed by atoms with Gasteiger partial charge in [0.15, 0.2) is 0 Å². The number of fused-ring (bicyclic) bond motifs is 1. The molecule has 0 spiro atoms. The highest BCUT2D eigenvalue weighted by atomic mass is 16.4. The van der Waals surface area contributed by atoms with Gasteiger partial charge in [0.1, 0.15) is 18.1 Å². The summed E-state index contributed by atoms with van der Waals surface area (Å²) in [6.45, 7) is 2.98. The normalized spacial score (nSPS) is 12.3. The van der Waals surface area contributed by atoms with E-state index in [1.807, 2.05) is 0 Å². The molecule has 1 amide bonds. The van der Waals surface area contributed by atoms with Crippen molar-refractivity contribution in [3.05, 3.63) is 34.6 Å². The first-order valence-corrected chi connectivity index (χ1v) is 6.75. The Morgan fingerprint density at radius 3 is 2.64 bits per heavy atom. The lowest BCUT2D eigenvalue weighted by Crippen LogP contribution is -2.46. The lowest BCUT2D eigenvalue weighted by molar-refractivity contribution is -0.143. The van der Waals surface area contributed by atoms with Crippen LogP contribution in [0.2, 0.25) is 0 Å². The smallest absolute Gasteiger partial charge is 0.326 e. The molecular formula is C14H16N4O4. The highest BCUT2D eigenvalue weighted by Crippen LogP contribution is 2.04. The number of aromatic nitrogens is 3. The maximum Gasteiger partial charge on any atom is 0.326 e. The van der Waals surface area contributed by atoms with E-state index in [0.717, 1.165) is 4.68 Å². The van der Waals surface area contributed by atoms with E-state index in [4.69, 9.17) is 5.11 Å². The molecule has 0 saturated carbocycles. The maximum atomic E-state index is 12.2. The number of carboxylic acids is 1. The maximum absolute atomic E-state index is 12.2. The third kappa shape index (κ3) is 3.27. The van der Waals surface area contributed by atoms with Crippen molar-refractivity contribution in [2.45, 2.75) is 26.4 Å². The zero-order valence-corrected chi connectivity index (χ0v) is 12.2. The van der Waals surface area contributed by atoms with Gasteiger partial charge in [-0.25, -0.2) is 9.48 Å². The molecule has 1 aromatic carbocycles. The first kappa shape index (κ1) is 15.6. The molecular weight excluding hydrogens is 288 g/mol. The second kappa shape index (κ2) is 6.33. The molecule has 2 N–H and O–H groups in total. The van der Waals surface area contributed by atoms with E-state index in [0.29, 0.717) is 10.9 Å². The first-order valence-electron chi connectivity index (χ1n) is 6.75. The molecule has 0 radical (unpaired) electrons. The molecule has 0 aliphatic heterocycles. The largest absolute Gasteiger partial charge is 0.480 e. The van der Waals surface area contributed by atoms with Gasteiger partial charge in [0.2, 0.25) is 5.91 Å². The molecule has 0 saturated heterocycles. The number of carbonyl (C=O) groups excluding carboxylic acids is 1. The molecule has 0 aliphatic rings. The van der Waals surface area contributed by atoms with Crippen molar-refractivity contribution in [1.29, 1.82) is 0 Å². The summed E-state index contributed by atoms with van der Waals surface area (Å²) in [4.78, 5) is 35.2. The molecule has 0 unspecified atom stereocenters. The molecule has 0 fully saturated rings. The fourth-order valence-corrected chi connectivity index (χ4v) is 2.00. The van der Waals surface area contributed by atoms with Crippen molar-refractivity contribution in [1.82, 2.24) is 20.3 Å². The first-order chi connectivity index (χ1) is 10.4. The highest BCUT2D eigenvalue weighted by molar-refractivity contribution is 5.83. The van der Waals surface area contributed by atoms with Crippen molar-refractivity contribution in [3.63, 3.8) is 0 Å². The molecule has 8 nitrogen and oxygen atoms in total. The standard InChI is InChI=1S/C14H16N4O4/c1-8(2)12(14(21)22)15-11(19)7-18-13(20)9-5-3-4-6-10(9)16-17-18/h3-6,8,12H,7H2,1-2H3,(H,15,19)(H,21,22)/t12-/m1/s1. The van der Waals surface area contributed by atoms with E-state index in [9.17, 15) is 14.4 Å². The van der Waals surface area contributed by atoms with Crippen molar-refractivity contribution in [2.75, 3.05) is 0 Å². The SMILES string of the molecule is CC(C)[C@@H](NC(=O)Cn1nnc2ccccc2c1=O)C(=O)O. The molecule has 2 rings (SSSR count). The number of hydrogen-bond donors (Lipinski definition) is 2. The zero-order valence-electron chi connectivity index (χ0n) is 12.2. The van der Waals surface area contributed by atoms with Crippen LogP contribution >= 0.6 is 0 Å². The molecule has 1 heterocycles. The van der Waals surface area contributed by atoms with E-state index >= 15 is 0 Å². The van der Waals surface area contributed by atoms with Crippen molar-refractivity contribution >= 4 is 22.8 Å². The summed E-state index contributed by atoms with van der Waals surface area (Å²) in [6.07, 6.45) is 0. The quantitative estimate of drug-likeness (QED) is 0.804. The number of aliphatic carboxylic acids is 1. The second-order valence-corrected chi connectivity index (χ2v) is 5.20. The summed E-state index contributed by atoms with van der Waals surface area (Å²) in [5, 5.41) is 19.3. The average Bonchev–Trinajstić information content (AvgIpc) is 2.47. The Balaban J connectivity index is 2.20. The van der Waals surface area contributed by atoms with Crippen LogP contribution in [0.4, 0.5) is 0 Å².